The minimum absolute atomic E-state index is 0.258. The molecule has 0 bridgehead atoms. The van der Waals surface area contributed by atoms with Crippen molar-refractivity contribution < 1.29 is 4.39 Å². The zero-order chi connectivity index (χ0) is 13.8. The van der Waals surface area contributed by atoms with Crippen LogP contribution in [0.2, 0.25) is 5.02 Å². The number of hydrogen-bond acceptors (Lipinski definition) is 2. The Kier molecular flexibility index (Phi) is 4.40. The summed E-state index contributed by atoms with van der Waals surface area (Å²) in [5.74, 6) is -0.345. The largest absolute Gasteiger partial charge is 0.377 e. The van der Waals surface area contributed by atoms with Crippen molar-refractivity contribution in [1.82, 2.24) is 0 Å². The molecule has 3 N–H and O–H groups in total. The summed E-state index contributed by atoms with van der Waals surface area (Å²) < 4.78 is 13.9. The molecule has 0 spiro atoms. The highest BCUT2D eigenvalue weighted by molar-refractivity contribution is 6.31. The second kappa shape index (κ2) is 6.04. The first kappa shape index (κ1) is 13.8. The van der Waals surface area contributed by atoms with Gasteiger partial charge in [0, 0.05) is 22.8 Å². The second-order valence-corrected chi connectivity index (χ2v) is 4.84. The molecule has 2 rings (SSSR count). The first-order valence-electron chi connectivity index (χ1n) is 6.09. The molecule has 100 valence electrons. The predicted molar refractivity (Wildman–Crippen MR) is 78.0 cm³/mol. The van der Waals surface area contributed by atoms with E-state index in [0.717, 1.165) is 5.69 Å². The van der Waals surface area contributed by atoms with Crippen molar-refractivity contribution in [3.63, 3.8) is 0 Å². The summed E-state index contributed by atoms with van der Waals surface area (Å²) in [6, 6.07) is 12.1. The summed E-state index contributed by atoms with van der Waals surface area (Å²) in [6.07, 6.45) is 0. The predicted octanol–water partition coefficient (Wildman–Crippen LogP) is 3.90. The van der Waals surface area contributed by atoms with Crippen LogP contribution in [-0.2, 0) is 0 Å². The van der Waals surface area contributed by atoms with Crippen LogP contribution >= 0.6 is 11.6 Å². The van der Waals surface area contributed by atoms with Crippen LogP contribution in [0.25, 0.3) is 0 Å². The molecule has 0 fully saturated rings. The lowest BCUT2D eigenvalue weighted by molar-refractivity contribution is 0.593. The quantitative estimate of drug-likeness (QED) is 0.890. The molecule has 0 aliphatic rings. The lowest BCUT2D eigenvalue weighted by Crippen LogP contribution is -2.22. The molecule has 2 aromatic carbocycles. The van der Waals surface area contributed by atoms with Gasteiger partial charge in [-0.25, -0.2) is 4.39 Å². The van der Waals surface area contributed by atoms with Gasteiger partial charge >= 0.3 is 0 Å². The van der Waals surface area contributed by atoms with Crippen molar-refractivity contribution in [2.24, 2.45) is 5.73 Å². The van der Waals surface area contributed by atoms with Crippen LogP contribution in [-0.4, -0.2) is 6.54 Å². The SMILES string of the molecule is Cc1ccc(NC(CN)c2c(F)cccc2Cl)cc1. The second-order valence-electron chi connectivity index (χ2n) is 4.43. The third-order valence-corrected chi connectivity index (χ3v) is 3.31. The molecule has 4 heteroatoms. The molecule has 0 heterocycles. The van der Waals surface area contributed by atoms with Gasteiger partial charge in [-0.05, 0) is 31.2 Å². The van der Waals surface area contributed by atoms with Gasteiger partial charge < -0.3 is 11.1 Å². The van der Waals surface area contributed by atoms with Gasteiger partial charge in [0.2, 0.25) is 0 Å². The highest BCUT2D eigenvalue weighted by Gasteiger charge is 2.17. The van der Waals surface area contributed by atoms with Gasteiger partial charge in [-0.2, -0.15) is 0 Å². The van der Waals surface area contributed by atoms with Crippen LogP contribution in [0.4, 0.5) is 10.1 Å². The van der Waals surface area contributed by atoms with E-state index in [4.69, 9.17) is 17.3 Å². The maximum atomic E-state index is 13.9. The fraction of sp³-hybridized carbons (Fsp3) is 0.200. The molecule has 19 heavy (non-hydrogen) atoms. The summed E-state index contributed by atoms with van der Waals surface area (Å²) in [4.78, 5) is 0. The van der Waals surface area contributed by atoms with E-state index in [0.29, 0.717) is 10.6 Å². The molecular weight excluding hydrogens is 263 g/mol. The van der Waals surface area contributed by atoms with E-state index in [9.17, 15) is 4.39 Å². The van der Waals surface area contributed by atoms with Crippen molar-refractivity contribution in [1.29, 1.82) is 0 Å². The molecule has 1 atom stereocenters. The summed E-state index contributed by atoms with van der Waals surface area (Å²) in [6.45, 7) is 2.27. The zero-order valence-corrected chi connectivity index (χ0v) is 11.4. The first-order chi connectivity index (χ1) is 9.11. The Bertz CT molecular complexity index is 534. The molecule has 1 unspecified atom stereocenters. The van der Waals surface area contributed by atoms with Gasteiger partial charge in [-0.1, -0.05) is 35.4 Å². The number of nitrogens with two attached hydrogens (primary N) is 1. The Morgan fingerprint density at radius 3 is 2.47 bits per heavy atom. The number of benzene rings is 2. The van der Waals surface area contributed by atoms with E-state index in [2.05, 4.69) is 5.32 Å². The maximum absolute atomic E-state index is 13.9. The van der Waals surface area contributed by atoms with Crippen LogP contribution in [0, 0.1) is 12.7 Å². The number of aryl methyl sites for hydroxylation is 1. The number of nitrogens with one attached hydrogen (secondary N) is 1. The van der Waals surface area contributed by atoms with Crippen LogP contribution < -0.4 is 11.1 Å². The molecule has 0 saturated carbocycles. The third-order valence-electron chi connectivity index (χ3n) is 2.98. The molecule has 0 radical (unpaired) electrons. The molecule has 2 nitrogen and oxygen atoms in total. The van der Waals surface area contributed by atoms with E-state index in [1.807, 2.05) is 31.2 Å². The van der Waals surface area contributed by atoms with E-state index in [1.165, 1.54) is 11.6 Å². The minimum Gasteiger partial charge on any atom is -0.377 e. The number of anilines is 1. The van der Waals surface area contributed by atoms with Crippen molar-refractivity contribution in [3.05, 3.63) is 64.4 Å². The van der Waals surface area contributed by atoms with E-state index in [1.54, 1.807) is 12.1 Å². The fourth-order valence-corrected chi connectivity index (χ4v) is 2.24. The standard InChI is InChI=1S/C15H16ClFN2/c1-10-5-7-11(8-6-10)19-14(9-18)15-12(16)3-2-4-13(15)17/h2-8,14,19H,9,18H2,1H3. The summed E-state index contributed by atoms with van der Waals surface area (Å²) in [5.41, 5.74) is 8.20. The topological polar surface area (TPSA) is 38.0 Å². The van der Waals surface area contributed by atoms with Gasteiger partial charge in [0.05, 0.1) is 6.04 Å². The van der Waals surface area contributed by atoms with Crippen molar-refractivity contribution in [3.8, 4) is 0 Å². The Balaban J connectivity index is 2.27. The van der Waals surface area contributed by atoms with Gasteiger partial charge in [-0.3, -0.25) is 0 Å². The van der Waals surface area contributed by atoms with Crippen LogP contribution in [0.15, 0.2) is 42.5 Å². The number of hydrogen-bond donors (Lipinski definition) is 2. The van der Waals surface area contributed by atoms with Gasteiger partial charge in [0.1, 0.15) is 5.82 Å². The van der Waals surface area contributed by atoms with Crippen LogP contribution in [0.5, 0.6) is 0 Å². The average Bonchev–Trinajstić information content (AvgIpc) is 2.39. The highest BCUT2D eigenvalue weighted by atomic mass is 35.5. The van der Waals surface area contributed by atoms with Gasteiger partial charge in [0.15, 0.2) is 0 Å². The van der Waals surface area contributed by atoms with E-state index in [-0.39, 0.29) is 18.4 Å². The fourth-order valence-electron chi connectivity index (χ4n) is 1.94. The molecule has 2 aromatic rings. The summed E-state index contributed by atoms with van der Waals surface area (Å²) >= 11 is 6.06. The van der Waals surface area contributed by atoms with Gasteiger partial charge in [-0.15, -0.1) is 0 Å². The molecule has 0 amide bonds. The molecule has 0 saturated heterocycles. The molecular formula is C15H16ClFN2. The van der Waals surface area contributed by atoms with Crippen molar-refractivity contribution >= 4 is 17.3 Å². The zero-order valence-electron chi connectivity index (χ0n) is 10.7. The van der Waals surface area contributed by atoms with E-state index < -0.39 is 0 Å². The van der Waals surface area contributed by atoms with Crippen LogP contribution in [0.1, 0.15) is 17.2 Å². The normalized spacial score (nSPS) is 12.2. The van der Waals surface area contributed by atoms with Crippen molar-refractivity contribution in [2.45, 2.75) is 13.0 Å². The number of halogens is 2. The lowest BCUT2D eigenvalue weighted by atomic mass is 10.1. The maximum Gasteiger partial charge on any atom is 0.130 e. The summed E-state index contributed by atoms with van der Waals surface area (Å²) in [5, 5.41) is 3.59. The first-order valence-corrected chi connectivity index (χ1v) is 6.47. The number of rotatable bonds is 4. The van der Waals surface area contributed by atoms with E-state index >= 15 is 0 Å². The third kappa shape index (κ3) is 3.25. The molecule has 0 aliphatic carbocycles. The Morgan fingerprint density at radius 1 is 1.21 bits per heavy atom. The Hall–Kier alpha value is -1.58. The summed E-state index contributed by atoms with van der Waals surface area (Å²) in [7, 11) is 0. The van der Waals surface area contributed by atoms with Crippen molar-refractivity contribution in [2.75, 3.05) is 11.9 Å². The smallest absolute Gasteiger partial charge is 0.130 e. The lowest BCUT2D eigenvalue weighted by Gasteiger charge is -2.20. The molecule has 0 aromatic heterocycles. The highest BCUT2D eigenvalue weighted by Crippen LogP contribution is 2.28. The monoisotopic (exact) mass is 278 g/mol. The van der Waals surface area contributed by atoms with Gasteiger partial charge in [0.25, 0.3) is 0 Å². The average molecular weight is 279 g/mol. The Labute approximate surface area is 117 Å². The van der Waals surface area contributed by atoms with Crippen LogP contribution in [0.3, 0.4) is 0 Å². The Morgan fingerprint density at radius 2 is 1.89 bits per heavy atom. The minimum atomic E-state index is -0.351. The molecule has 0 aliphatic heterocycles.